The summed E-state index contributed by atoms with van der Waals surface area (Å²) in [6.07, 6.45) is 0. The van der Waals surface area contributed by atoms with Gasteiger partial charge in [-0.3, -0.25) is 0 Å². The Labute approximate surface area is 131 Å². The zero-order valence-electron chi connectivity index (χ0n) is 11.8. The highest BCUT2D eigenvalue weighted by molar-refractivity contribution is 9.10. The highest BCUT2D eigenvalue weighted by Crippen LogP contribution is 2.32. The van der Waals surface area contributed by atoms with Gasteiger partial charge >= 0.3 is 0 Å². The Hall–Kier alpha value is -1.46. The SMILES string of the molecule is CC(C)NCc1ccc(Oc2cccc(F)c2F)c(Br)c1. The summed E-state index contributed by atoms with van der Waals surface area (Å²) in [5.74, 6) is -1.62. The highest BCUT2D eigenvalue weighted by atomic mass is 79.9. The first-order valence-electron chi connectivity index (χ1n) is 6.61. The van der Waals surface area contributed by atoms with Crippen LogP contribution in [0.15, 0.2) is 40.9 Å². The first kappa shape index (κ1) is 15.9. The van der Waals surface area contributed by atoms with Gasteiger partial charge in [-0.2, -0.15) is 4.39 Å². The molecule has 2 aromatic carbocycles. The first-order valence-corrected chi connectivity index (χ1v) is 7.40. The minimum atomic E-state index is -0.991. The molecule has 0 heterocycles. The zero-order chi connectivity index (χ0) is 15.4. The second-order valence-electron chi connectivity index (χ2n) is 4.95. The lowest BCUT2D eigenvalue weighted by Gasteiger charge is -2.12. The maximum atomic E-state index is 13.6. The molecule has 0 saturated carbocycles. The molecule has 0 bridgehead atoms. The van der Waals surface area contributed by atoms with Gasteiger partial charge in [0, 0.05) is 12.6 Å². The molecule has 112 valence electrons. The fourth-order valence-corrected chi connectivity index (χ4v) is 2.25. The van der Waals surface area contributed by atoms with Gasteiger partial charge in [0.25, 0.3) is 0 Å². The van der Waals surface area contributed by atoms with Crippen molar-refractivity contribution in [1.82, 2.24) is 5.32 Å². The van der Waals surface area contributed by atoms with Crippen LogP contribution in [0, 0.1) is 11.6 Å². The number of ether oxygens (including phenoxy) is 1. The molecule has 0 aliphatic heterocycles. The van der Waals surface area contributed by atoms with E-state index in [1.807, 2.05) is 12.1 Å². The fourth-order valence-electron chi connectivity index (χ4n) is 1.74. The van der Waals surface area contributed by atoms with Crippen molar-refractivity contribution in [2.24, 2.45) is 0 Å². The van der Waals surface area contributed by atoms with Crippen molar-refractivity contribution in [1.29, 1.82) is 0 Å². The number of hydrogen-bond donors (Lipinski definition) is 1. The predicted octanol–water partition coefficient (Wildman–Crippen LogP) is 5.02. The van der Waals surface area contributed by atoms with E-state index in [-0.39, 0.29) is 5.75 Å². The van der Waals surface area contributed by atoms with E-state index in [1.54, 1.807) is 6.07 Å². The zero-order valence-corrected chi connectivity index (χ0v) is 13.4. The van der Waals surface area contributed by atoms with Gasteiger partial charge in [-0.25, -0.2) is 4.39 Å². The van der Waals surface area contributed by atoms with Crippen LogP contribution in [0.4, 0.5) is 8.78 Å². The molecular formula is C16H16BrF2NO. The molecule has 2 rings (SSSR count). The second kappa shape index (κ2) is 7.00. The number of halogens is 3. The lowest BCUT2D eigenvalue weighted by Crippen LogP contribution is -2.21. The lowest BCUT2D eigenvalue weighted by atomic mass is 10.2. The van der Waals surface area contributed by atoms with Gasteiger partial charge in [0.1, 0.15) is 5.75 Å². The summed E-state index contributed by atoms with van der Waals surface area (Å²) in [5, 5.41) is 3.30. The van der Waals surface area contributed by atoms with Crippen molar-refractivity contribution in [3.05, 3.63) is 58.1 Å². The van der Waals surface area contributed by atoms with Crippen molar-refractivity contribution in [3.8, 4) is 11.5 Å². The van der Waals surface area contributed by atoms with E-state index < -0.39 is 11.6 Å². The van der Waals surface area contributed by atoms with Crippen LogP contribution in [-0.4, -0.2) is 6.04 Å². The third-order valence-electron chi connectivity index (χ3n) is 2.85. The average molecular weight is 356 g/mol. The third-order valence-corrected chi connectivity index (χ3v) is 3.47. The highest BCUT2D eigenvalue weighted by Gasteiger charge is 2.11. The molecule has 0 amide bonds. The molecule has 0 atom stereocenters. The van der Waals surface area contributed by atoms with Crippen LogP contribution in [0.3, 0.4) is 0 Å². The molecule has 21 heavy (non-hydrogen) atoms. The van der Waals surface area contributed by atoms with E-state index in [9.17, 15) is 8.78 Å². The Kier molecular flexibility index (Phi) is 5.31. The molecule has 0 radical (unpaired) electrons. The Balaban J connectivity index is 2.16. The van der Waals surface area contributed by atoms with Gasteiger partial charge in [0.05, 0.1) is 4.47 Å². The Morgan fingerprint density at radius 2 is 1.90 bits per heavy atom. The second-order valence-corrected chi connectivity index (χ2v) is 5.81. The van der Waals surface area contributed by atoms with Gasteiger partial charge in [-0.1, -0.05) is 26.0 Å². The first-order chi connectivity index (χ1) is 9.97. The summed E-state index contributed by atoms with van der Waals surface area (Å²) in [4.78, 5) is 0. The number of rotatable bonds is 5. The molecule has 0 aromatic heterocycles. The number of hydrogen-bond acceptors (Lipinski definition) is 2. The van der Waals surface area contributed by atoms with Crippen molar-refractivity contribution < 1.29 is 13.5 Å². The maximum absolute atomic E-state index is 13.6. The topological polar surface area (TPSA) is 21.3 Å². The Morgan fingerprint density at radius 1 is 1.14 bits per heavy atom. The summed E-state index contributed by atoms with van der Waals surface area (Å²) < 4.78 is 32.8. The molecule has 0 saturated heterocycles. The summed E-state index contributed by atoms with van der Waals surface area (Å²) in [5.41, 5.74) is 1.07. The molecule has 1 N–H and O–H groups in total. The lowest BCUT2D eigenvalue weighted by molar-refractivity contribution is 0.414. The van der Waals surface area contributed by atoms with Crippen LogP contribution in [0.2, 0.25) is 0 Å². The van der Waals surface area contributed by atoms with E-state index in [2.05, 4.69) is 35.1 Å². The molecule has 2 nitrogen and oxygen atoms in total. The van der Waals surface area contributed by atoms with Gasteiger partial charge in [0.2, 0.25) is 5.82 Å². The summed E-state index contributed by atoms with van der Waals surface area (Å²) in [6, 6.07) is 9.74. The maximum Gasteiger partial charge on any atom is 0.201 e. The average Bonchev–Trinajstić information content (AvgIpc) is 2.44. The Bertz CT molecular complexity index is 632. The molecule has 0 aliphatic carbocycles. The van der Waals surface area contributed by atoms with E-state index in [4.69, 9.17) is 4.74 Å². The van der Waals surface area contributed by atoms with E-state index in [1.165, 1.54) is 12.1 Å². The van der Waals surface area contributed by atoms with Crippen LogP contribution in [0.5, 0.6) is 11.5 Å². The number of nitrogens with one attached hydrogen (secondary N) is 1. The molecule has 0 fully saturated rings. The third kappa shape index (κ3) is 4.25. The molecule has 0 spiro atoms. The van der Waals surface area contributed by atoms with Gasteiger partial charge < -0.3 is 10.1 Å². The van der Waals surface area contributed by atoms with Crippen LogP contribution in [0.1, 0.15) is 19.4 Å². The molecule has 2 aromatic rings. The standard InChI is InChI=1S/C16H16BrF2NO/c1-10(2)20-9-11-6-7-14(12(17)8-11)21-15-5-3-4-13(18)16(15)19/h3-8,10,20H,9H2,1-2H3. The molecule has 0 unspecified atom stereocenters. The minimum Gasteiger partial charge on any atom is -0.453 e. The van der Waals surface area contributed by atoms with Crippen LogP contribution < -0.4 is 10.1 Å². The monoisotopic (exact) mass is 355 g/mol. The van der Waals surface area contributed by atoms with Crippen molar-refractivity contribution in [2.45, 2.75) is 26.4 Å². The van der Waals surface area contributed by atoms with E-state index in [0.717, 1.165) is 18.2 Å². The molecule has 0 aliphatic rings. The van der Waals surface area contributed by atoms with Gasteiger partial charge in [0.15, 0.2) is 11.6 Å². The fraction of sp³-hybridized carbons (Fsp3) is 0.250. The predicted molar refractivity (Wildman–Crippen MR) is 82.5 cm³/mol. The molecule has 5 heteroatoms. The van der Waals surface area contributed by atoms with E-state index in [0.29, 0.717) is 16.3 Å². The minimum absolute atomic E-state index is 0.135. The summed E-state index contributed by atoms with van der Waals surface area (Å²) in [6.45, 7) is 4.86. The van der Waals surface area contributed by atoms with Crippen molar-refractivity contribution in [3.63, 3.8) is 0 Å². The van der Waals surface area contributed by atoms with Crippen molar-refractivity contribution >= 4 is 15.9 Å². The molecular weight excluding hydrogens is 340 g/mol. The summed E-state index contributed by atoms with van der Waals surface area (Å²) in [7, 11) is 0. The van der Waals surface area contributed by atoms with Crippen LogP contribution >= 0.6 is 15.9 Å². The van der Waals surface area contributed by atoms with Crippen molar-refractivity contribution in [2.75, 3.05) is 0 Å². The normalized spacial score (nSPS) is 11.0. The quantitative estimate of drug-likeness (QED) is 0.813. The van der Waals surface area contributed by atoms with Gasteiger partial charge in [-0.15, -0.1) is 0 Å². The largest absolute Gasteiger partial charge is 0.453 e. The Morgan fingerprint density at radius 3 is 2.57 bits per heavy atom. The summed E-state index contributed by atoms with van der Waals surface area (Å²) >= 11 is 3.39. The van der Waals surface area contributed by atoms with Crippen LogP contribution in [0.25, 0.3) is 0 Å². The van der Waals surface area contributed by atoms with E-state index >= 15 is 0 Å². The smallest absolute Gasteiger partial charge is 0.201 e. The van der Waals surface area contributed by atoms with Crippen LogP contribution in [-0.2, 0) is 6.54 Å². The van der Waals surface area contributed by atoms with Gasteiger partial charge in [-0.05, 0) is 45.8 Å². The number of benzene rings is 2.